The molecule has 128 valence electrons. The fourth-order valence-electron chi connectivity index (χ4n) is 4.28. The molecule has 1 amide bonds. The average molecular weight is 335 g/mol. The van der Waals surface area contributed by atoms with E-state index >= 15 is 0 Å². The first-order valence-electron chi connectivity index (χ1n) is 8.62. The summed E-state index contributed by atoms with van der Waals surface area (Å²) >= 11 is 0. The number of benzene rings is 2. The molecule has 2 fully saturated rings. The van der Waals surface area contributed by atoms with Gasteiger partial charge in [-0.05, 0) is 40.5 Å². The minimum atomic E-state index is -0.984. The van der Waals surface area contributed by atoms with Crippen molar-refractivity contribution >= 4 is 11.9 Å². The molecule has 1 heterocycles. The molecule has 1 aliphatic carbocycles. The molecule has 2 unspecified atom stereocenters. The van der Waals surface area contributed by atoms with Gasteiger partial charge in [-0.2, -0.15) is 0 Å². The van der Waals surface area contributed by atoms with E-state index in [4.69, 9.17) is 0 Å². The van der Waals surface area contributed by atoms with E-state index in [1.165, 1.54) is 0 Å². The summed E-state index contributed by atoms with van der Waals surface area (Å²) in [5.41, 5.74) is 2.42. The number of hydrogen-bond donors (Lipinski definition) is 1. The van der Waals surface area contributed by atoms with E-state index in [-0.39, 0.29) is 11.5 Å². The van der Waals surface area contributed by atoms with Gasteiger partial charge in [0.05, 0.1) is 5.56 Å². The largest absolute Gasteiger partial charge is 0.478 e. The van der Waals surface area contributed by atoms with E-state index in [2.05, 4.69) is 13.8 Å². The Labute approximate surface area is 147 Å². The van der Waals surface area contributed by atoms with Crippen molar-refractivity contribution in [2.24, 2.45) is 17.3 Å². The molecule has 1 saturated carbocycles. The molecule has 1 aliphatic heterocycles. The Morgan fingerprint density at radius 3 is 1.96 bits per heavy atom. The number of piperidine rings is 1. The Hall–Kier alpha value is -2.62. The standard InChI is InChI=1S/C21H21NO3/c1-21(2)17-11-22(12-18(17)21)19(23)15-9-5-3-7-13(15)14-8-4-6-10-16(14)20(24)25/h3-10,17-18H,11-12H2,1-2H3,(H,24,25). The minimum Gasteiger partial charge on any atom is -0.478 e. The van der Waals surface area contributed by atoms with Crippen molar-refractivity contribution in [3.8, 4) is 11.1 Å². The van der Waals surface area contributed by atoms with Gasteiger partial charge >= 0.3 is 5.97 Å². The van der Waals surface area contributed by atoms with E-state index in [1.807, 2.05) is 23.1 Å². The number of carboxylic acid groups (broad SMARTS) is 1. The molecule has 2 aromatic carbocycles. The number of amides is 1. The van der Waals surface area contributed by atoms with Crippen LogP contribution in [0, 0.1) is 17.3 Å². The molecule has 2 aromatic rings. The number of carbonyl (C=O) groups is 2. The first-order valence-corrected chi connectivity index (χ1v) is 8.62. The van der Waals surface area contributed by atoms with Crippen LogP contribution in [0.5, 0.6) is 0 Å². The van der Waals surface area contributed by atoms with E-state index < -0.39 is 5.97 Å². The number of nitrogens with zero attached hydrogens (tertiary/aromatic N) is 1. The molecular weight excluding hydrogens is 314 g/mol. The Balaban J connectivity index is 1.69. The van der Waals surface area contributed by atoms with Crippen LogP contribution in [0.4, 0.5) is 0 Å². The lowest BCUT2D eigenvalue weighted by atomic mass is 9.94. The molecule has 4 rings (SSSR count). The van der Waals surface area contributed by atoms with Gasteiger partial charge in [0.1, 0.15) is 0 Å². The van der Waals surface area contributed by atoms with Gasteiger partial charge in [-0.1, -0.05) is 50.2 Å². The van der Waals surface area contributed by atoms with E-state index in [9.17, 15) is 14.7 Å². The van der Waals surface area contributed by atoms with Gasteiger partial charge in [-0.15, -0.1) is 0 Å². The number of hydrogen-bond acceptors (Lipinski definition) is 2. The maximum Gasteiger partial charge on any atom is 0.336 e. The predicted octanol–water partition coefficient (Wildman–Crippen LogP) is 3.78. The maximum atomic E-state index is 13.1. The van der Waals surface area contributed by atoms with Gasteiger partial charge < -0.3 is 10.0 Å². The van der Waals surface area contributed by atoms with Crippen molar-refractivity contribution in [2.45, 2.75) is 13.8 Å². The quantitative estimate of drug-likeness (QED) is 0.929. The summed E-state index contributed by atoms with van der Waals surface area (Å²) in [4.78, 5) is 26.6. The number of rotatable bonds is 3. The molecule has 1 N–H and O–H groups in total. The summed E-state index contributed by atoms with van der Waals surface area (Å²) in [6.07, 6.45) is 0. The molecule has 2 atom stereocenters. The summed E-state index contributed by atoms with van der Waals surface area (Å²) in [5, 5.41) is 9.47. The second kappa shape index (κ2) is 5.45. The van der Waals surface area contributed by atoms with Crippen LogP contribution < -0.4 is 0 Å². The number of carboxylic acids is 1. The second-order valence-corrected chi connectivity index (χ2v) is 7.64. The third-order valence-electron chi connectivity index (χ3n) is 6.01. The highest BCUT2D eigenvalue weighted by Gasteiger charge is 2.62. The van der Waals surface area contributed by atoms with E-state index in [1.54, 1.807) is 30.3 Å². The lowest BCUT2D eigenvalue weighted by Crippen LogP contribution is -2.33. The highest BCUT2D eigenvalue weighted by molar-refractivity contribution is 6.04. The van der Waals surface area contributed by atoms with Gasteiger partial charge in [0, 0.05) is 18.7 Å². The number of carbonyl (C=O) groups excluding carboxylic acids is 1. The molecule has 0 aromatic heterocycles. The molecule has 0 bridgehead atoms. The summed E-state index contributed by atoms with van der Waals surface area (Å²) in [5.74, 6) is 0.200. The molecule has 0 radical (unpaired) electrons. The average Bonchev–Trinajstić information content (AvgIpc) is 2.97. The summed E-state index contributed by atoms with van der Waals surface area (Å²) in [7, 11) is 0. The van der Waals surface area contributed by atoms with Crippen molar-refractivity contribution in [1.29, 1.82) is 0 Å². The number of fused-ring (bicyclic) bond motifs is 1. The fourth-order valence-corrected chi connectivity index (χ4v) is 4.28. The monoisotopic (exact) mass is 335 g/mol. The molecule has 1 saturated heterocycles. The topological polar surface area (TPSA) is 57.6 Å². The van der Waals surface area contributed by atoms with Crippen LogP contribution in [0.15, 0.2) is 48.5 Å². The third-order valence-corrected chi connectivity index (χ3v) is 6.01. The molecule has 2 aliphatic rings. The van der Waals surface area contributed by atoms with Crippen LogP contribution in [0.3, 0.4) is 0 Å². The smallest absolute Gasteiger partial charge is 0.336 e. The van der Waals surface area contributed by atoms with Crippen molar-refractivity contribution < 1.29 is 14.7 Å². The van der Waals surface area contributed by atoms with Crippen LogP contribution in [-0.4, -0.2) is 35.0 Å². The summed E-state index contributed by atoms with van der Waals surface area (Å²) < 4.78 is 0. The van der Waals surface area contributed by atoms with Crippen LogP contribution in [-0.2, 0) is 0 Å². The maximum absolute atomic E-state index is 13.1. The molecule has 4 heteroatoms. The Morgan fingerprint density at radius 2 is 1.40 bits per heavy atom. The first kappa shape index (κ1) is 15.9. The normalized spacial score (nSPS) is 23.2. The number of aromatic carboxylic acids is 1. The molecule has 25 heavy (non-hydrogen) atoms. The van der Waals surface area contributed by atoms with Crippen molar-refractivity contribution in [1.82, 2.24) is 4.90 Å². The van der Waals surface area contributed by atoms with Crippen LogP contribution in [0.25, 0.3) is 11.1 Å². The lowest BCUT2D eigenvalue weighted by Gasteiger charge is -2.23. The van der Waals surface area contributed by atoms with Crippen LogP contribution in [0.2, 0.25) is 0 Å². The van der Waals surface area contributed by atoms with Gasteiger partial charge in [-0.3, -0.25) is 4.79 Å². The van der Waals surface area contributed by atoms with E-state index in [0.717, 1.165) is 13.1 Å². The minimum absolute atomic E-state index is 0.00112. The highest BCUT2D eigenvalue weighted by Crippen LogP contribution is 2.62. The zero-order valence-electron chi connectivity index (χ0n) is 14.4. The summed E-state index contributed by atoms with van der Waals surface area (Å²) in [6, 6.07) is 14.1. The van der Waals surface area contributed by atoms with Crippen molar-refractivity contribution in [3.05, 3.63) is 59.7 Å². The van der Waals surface area contributed by atoms with Crippen LogP contribution >= 0.6 is 0 Å². The Kier molecular flexibility index (Phi) is 3.46. The molecular formula is C21H21NO3. The predicted molar refractivity (Wildman–Crippen MR) is 95.5 cm³/mol. The van der Waals surface area contributed by atoms with Gasteiger partial charge in [-0.25, -0.2) is 4.79 Å². The third kappa shape index (κ3) is 2.44. The lowest BCUT2D eigenvalue weighted by molar-refractivity contribution is 0.0695. The van der Waals surface area contributed by atoms with Gasteiger partial charge in [0.15, 0.2) is 0 Å². The molecule has 4 nitrogen and oxygen atoms in total. The Morgan fingerprint density at radius 1 is 0.920 bits per heavy atom. The SMILES string of the molecule is CC1(C)C2CN(C(=O)c3ccccc3-c3ccccc3C(=O)O)CC21. The van der Waals surface area contributed by atoms with Crippen molar-refractivity contribution in [2.75, 3.05) is 13.1 Å². The van der Waals surface area contributed by atoms with Gasteiger partial charge in [0.25, 0.3) is 5.91 Å². The zero-order chi connectivity index (χ0) is 17.8. The Bertz CT molecular complexity index is 857. The van der Waals surface area contributed by atoms with E-state index in [0.29, 0.717) is 33.9 Å². The first-order chi connectivity index (χ1) is 11.9. The van der Waals surface area contributed by atoms with Crippen molar-refractivity contribution in [3.63, 3.8) is 0 Å². The van der Waals surface area contributed by atoms with Gasteiger partial charge in [0.2, 0.25) is 0 Å². The number of likely N-dealkylation sites (tertiary alicyclic amines) is 1. The summed E-state index contributed by atoms with van der Waals surface area (Å²) in [6.45, 7) is 6.12. The highest BCUT2D eigenvalue weighted by atomic mass is 16.4. The van der Waals surface area contributed by atoms with Crippen LogP contribution in [0.1, 0.15) is 34.6 Å². The zero-order valence-corrected chi connectivity index (χ0v) is 14.4. The fraction of sp³-hybridized carbons (Fsp3) is 0.333. The molecule has 0 spiro atoms. The second-order valence-electron chi connectivity index (χ2n) is 7.64.